The number of carbonyl (C=O) groups is 4. The molecule has 4 aromatic rings. The predicted octanol–water partition coefficient (Wildman–Crippen LogP) is 4.93. The second-order valence-corrected chi connectivity index (χ2v) is 10.6. The van der Waals surface area contributed by atoms with Crippen LogP contribution < -0.4 is 15.5 Å². The molecule has 4 aromatic carbocycles. The van der Waals surface area contributed by atoms with Crippen molar-refractivity contribution >= 4 is 46.5 Å². The Morgan fingerprint density at radius 1 is 0.932 bits per heavy atom. The molecule has 0 saturated heterocycles. The number of aliphatic imine (C=N–C) groups is 1. The zero-order valence-electron chi connectivity index (χ0n) is 24.1. The van der Waals surface area contributed by atoms with Crippen molar-refractivity contribution < 1.29 is 23.9 Å². The third kappa shape index (κ3) is 5.85. The quantitative estimate of drug-likeness (QED) is 0.173. The molecule has 0 saturated carbocycles. The molecule has 0 aliphatic carbocycles. The minimum atomic E-state index is -0.695. The summed E-state index contributed by atoms with van der Waals surface area (Å²) in [4.78, 5) is 57.5. The van der Waals surface area contributed by atoms with Crippen LogP contribution in [-0.4, -0.2) is 43.1 Å². The second kappa shape index (κ2) is 12.3. The molecule has 0 bridgehead atoms. The van der Waals surface area contributed by atoms with E-state index in [1.54, 1.807) is 23.1 Å². The number of carbonyl (C=O) groups excluding carboxylic acids is 4. The van der Waals surface area contributed by atoms with Crippen LogP contribution in [0.2, 0.25) is 0 Å². The van der Waals surface area contributed by atoms with Crippen LogP contribution >= 0.6 is 0 Å². The Kier molecular flexibility index (Phi) is 8.01. The number of methoxy groups -OCH3 is 1. The van der Waals surface area contributed by atoms with Crippen LogP contribution in [0.25, 0.3) is 0 Å². The highest BCUT2D eigenvalue weighted by molar-refractivity contribution is 6.24. The van der Waals surface area contributed by atoms with Gasteiger partial charge in [0, 0.05) is 24.5 Å². The maximum absolute atomic E-state index is 13.3. The Hall–Kier alpha value is -5.57. The van der Waals surface area contributed by atoms with Crippen LogP contribution in [0.5, 0.6) is 0 Å². The van der Waals surface area contributed by atoms with Crippen LogP contribution in [0.15, 0.2) is 102 Å². The zero-order chi connectivity index (χ0) is 30.6. The molecule has 2 aliphatic heterocycles. The lowest BCUT2D eigenvalue weighted by Gasteiger charge is -2.18. The van der Waals surface area contributed by atoms with Crippen LogP contribution in [-0.2, 0) is 32.1 Å². The summed E-state index contributed by atoms with van der Waals surface area (Å²) in [5.41, 5.74) is 6.26. The van der Waals surface area contributed by atoms with E-state index < -0.39 is 11.9 Å². The molecule has 2 aliphatic rings. The van der Waals surface area contributed by atoms with Crippen molar-refractivity contribution in [3.63, 3.8) is 0 Å². The fourth-order valence-electron chi connectivity index (χ4n) is 5.63. The molecule has 0 radical (unpaired) electrons. The van der Waals surface area contributed by atoms with Crippen LogP contribution in [0.1, 0.15) is 45.0 Å². The average Bonchev–Trinajstić information content (AvgIpc) is 3.62. The van der Waals surface area contributed by atoms with E-state index in [2.05, 4.69) is 10.6 Å². The first-order valence-corrected chi connectivity index (χ1v) is 14.3. The van der Waals surface area contributed by atoms with Gasteiger partial charge in [0.2, 0.25) is 17.7 Å². The van der Waals surface area contributed by atoms with Gasteiger partial charge in [-0.3, -0.25) is 19.4 Å². The van der Waals surface area contributed by atoms with E-state index in [4.69, 9.17) is 9.73 Å². The van der Waals surface area contributed by atoms with E-state index in [-0.39, 0.29) is 24.1 Å². The van der Waals surface area contributed by atoms with Gasteiger partial charge < -0.3 is 20.3 Å². The summed E-state index contributed by atoms with van der Waals surface area (Å²) in [5.74, 6) is -2.01. The minimum Gasteiger partial charge on any atom is -0.465 e. The van der Waals surface area contributed by atoms with E-state index in [0.29, 0.717) is 47.7 Å². The maximum Gasteiger partial charge on any atom is 0.337 e. The molecular weight excluding hydrogens is 556 g/mol. The summed E-state index contributed by atoms with van der Waals surface area (Å²) >= 11 is 0. The molecule has 9 heteroatoms. The Morgan fingerprint density at radius 2 is 1.68 bits per heavy atom. The van der Waals surface area contributed by atoms with Crippen molar-refractivity contribution in [2.45, 2.75) is 25.3 Å². The Labute approximate surface area is 254 Å². The number of fused-ring (bicyclic) bond motifs is 2. The number of anilines is 2. The molecule has 1 atom stereocenters. The molecule has 2 heterocycles. The van der Waals surface area contributed by atoms with Gasteiger partial charge in [0.25, 0.3) is 0 Å². The normalized spacial score (nSPS) is 15.3. The molecule has 220 valence electrons. The number of benzene rings is 4. The fraction of sp³-hybridized carbons (Fsp3) is 0.171. The van der Waals surface area contributed by atoms with E-state index in [1.807, 2.05) is 78.9 Å². The lowest BCUT2D eigenvalue weighted by molar-refractivity contribution is -0.128. The summed E-state index contributed by atoms with van der Waals surface area (Å²) in [6, 6.07) is 29.6. The summed E-state index contributed by atoms with van der Waals surface area (Å²) in [7, 11) is 1.31. The summed E-state index contributed by atoms with van der Waals surface area (Å²) in [6.07, 6.45) is 0.387. The molecular formula is C35H30N4O5. The van der Waals surface area contributed by atoms with Gasteiger partial charge in [-0.15, -0.1) is 0 Å². The number of esters is 1. The predicted molar refractivity (Wildman–Crippen MR) is 167 cm³/mol. The maximum atomic E-state index is 13.3. The molecule has 9 nitrogen and oxygen atoms in total. The number of rotatable bonds is 8. The van der Waals surface area contributed by atoms with E-state index in [9.17, 15) is 19.2 Å². The van der Waals surface area contributed by atoms with Gasteiger partial charge in [-0.25, -0.2) is 4.79 Å². The minimum absolute atomic E-state index is 0.238. The van der Waals surface area contributed by atoms with E-state index >= 15 is 0 Å². The Bertz CT molecular complexity index is 1790. The topological polar surface area (TPSA) is 117 Å². The first-order valence-electron chi connectivity index (χ1n) is 14.3. The molecule has 3 amide bonds. The second-order valence-electron chi connectivity index (χ2n) is 10.6. The Morgan fingerprint density at radius 3 is 2.43 bits per heavy atom. The van der Waals surface area contributed by atoms with Crippen LogP contribution in [0, 0.1) is 0 Å². The molecule has 1 unspecified atom stereocenters. The van der Waals surface area contributed by atoms with Crippen molar-refractivity contribution in [3.8, 4) is 0 Å². The number of ether oxygens (including phenoxy) is 1. The highest BCUT2D eigenvalue weighted by Gasteiger charge is 2.36. The third-order valence-corrected chi connectivity index (χ3v) is 7.80. The van der Waals surface area contributed by atoms with E-state index in [0.717, 1.165) is 22.4 Å². The lowest BCUT2D eigenvalue weighted by atomic mass is 9.90. The summed E-state index contributed by atoms with van der Waals surface area (Å²) < 4.78 is 4.83. The molecule has 0 spiro atoms. The van der Waals surface area contributed by atoms with Crippen molar-refractivity contribution in [2.24, 2.45) is 4.99 Å². The first-order chi connectivity index (χ1) is 21.4. The Balaban J connectivity index is 1.24. The average molecular weight is 587 g/mol. The van der Waals surface area contributed by atoms with Crippen molar-refractivity contribution in [1.82, 2.24) is 5.32 Å². The van der Waals surface area contributed by atoms with Crippen molar-refractivity contribution in [3.05, 3.63) is 125 Å². The SMILES string of the molecule is COC(=O)c1ccc2c(c1)NC(=O)C2C(=Nc1ccc2c(c1)CCN2C(=O)CC(=O)NCc1ccccc1)c1ccccc1. The van der Waals surface area contributed by atoms with Gasteiger partial charge in [0.05, 0.1) is 24.1 Å². The summed E-state index contributed by atoms with van der Waals surface area (Å²) in [6.45, 7) is 0.838. The standard InChI is InChI=1S/C35H30N4O5/c1-44-35(43)25-12-14-27-28(19-25)38-34(42)32(27)33(23-10-6-3-7-11-23)37-26-13-15-29-24(18-26)16-17-39(29)31(41)20-30(40)36-21-22-8-4-2-5-9-22/h2-15,18-19,32H,16-17,20-21H2,1H3,(H,36,40)(H,38,42). The van der Waals surface area contributed by atoms with Crippen molar-refractivity contribution in [1.29, 1.82) is 0 Å². The van der Waals surface area contributed by atoms with Gasteiger partial charge in [-0.1, -0.05) is 66.7 Å². The number of amides is 3. The van der Waals surface area contributed by atoms with Crippen LogP contribution in [0.3, 0.4) is 0 Å². The van der Waals surface area contributed by atoms with Gasteiger partial charge in [-0.05, 0) is 59.0 Å². The molecule has 6 rings (SSSR count). The molecule has 2 N–H and O–H groups in total. The van der Waals surface area contributed by atoms with Crippen LogP contribution in [0.4, 0.5) is 17.1 Å². The summed E-state index contributed by atoms with van der Waals surface area (Å²) in [5, 5.41) is 5.70. The first kappa shape index (κ1) is 28.5. The number of nitrogens with one attached hydrogen (secondary N) is 2. The highest BCUT2D eigenvalue weighted by Crippen LogP contribution is 2.38. The largest absolute Gasteiger partial charge is 0.465 e. The van der Waals surface area contributed by atoms with Gasteiger partial charge in [0.15, 0.2) is 0 Å². The van der Waals surface area contributed by atoms with E-state index in [1.165, 1.54) is 7.11 Å². The number of hydrogen-bond donors (Lipinski definition) is 2. The number of nitrogens with zero attached hydrogens (tertiary/aromatic N) is 2. The van der Waals surface area contributed by atoms with Crippen molar-refractivity contribution in [2.75, 3.05) is 23.9 Å². The third-order valence-electron chi connectivity index (χ3n) is 7.80. The monoisotopic (exact) mass is 586 g/mol. The van der Waals surface area contributed by atoms with Gasteiger partial charge in [0.1, 0.15) is 12.3 Å². The molecule has 0 aromatic heterocycles. The lowest BCUT2D eigenvalue weighted by Crippen LogP contribution is -2.34. The van der Waals surface area contributed by atoms with Gasteiger partial charge in [-0.2, -0.15) is 0 Å². The van der Waals surface area contributed by atoms with Gasteiger partial charge >= 0.3 is 5.97 Å². The smallest absolute Gasteiger partial charge is 0.337 e. The zero-order valence-corrected chi connectivity index (χ0v) is 24.1. The highest BCUT2D eigenvalue weighted by atomic mass is 16.5. The number of hydrogen-bond acceptors (Lipinski definition) is 6. The fourth-order valence-corrected chi connectivity index (χ4v) is 5.63. The molecule has 44 heavy (non-hydrogen) atoms. The molecule has 0 fully saturated rings.